The second-order valence-electron chi connectivity index (χ2n) is 3.81. The number of rotatable bonds is 4. The van der Waals surface area contributed by atoms with Gasteiger partial charge in [-0.05, 0) is 24.0 Å². The zero-order chi connectivity index (χ0) is 9.80. The fraction of sp³-hybridized carbons (Fsp3) is 0.500. The highest BCUT2D eigenvalue weighted by molar-refractivity contribution is 8.00. The highest BCUT2D eigenvalue weighted by Crippen LogP contribution is 2.34. The van der Waals surface area contributed by atoms with Crippen LogP contribution < -0.4 is 0 Å². The summed E-state index contributed by atoms with van der Waals surface area (Å²) in [5.74, 6) is 3.35. The van der Waals surface area contributed by atoms with E-state index in [1.54, 1.807) is 0 Å². The van der Waals surface area contributed by atoms with E-state index in [-0.39, 0.29) is 0 Å². The smallest absolute Gasteiger partial charge is 0.0434 e. The van der Waals surface area contributed by atoms with Crippen LogP contribution in [0.5, 0.6) is 0 Å². The Balaban J connectivity index is 2.02. The first-order chi connectivity index (χ1) is 6.90. The van der Waals surface area contributed by atoms with E-state index in [1.807, 2.05) is 11.8 Å². The van der Waals surface area contributed by atoms with Crippen molar-refractivity contribution in [3.8, 4) is 0 Å². The van der Waals surface area contributed by atoms with Crippen molar-refractivity contribution in [3.63, 3.8) is 0 Å². The molecule has 1 nitrogen and oxygen atoms in total. The second-order valence-corrected chi connectivity index (χ2v) is 4.88. The van der Waals surface area contributed by atoms with Crippen molar-refractivity contribution in [1.29, 1.82) is 0 Å². The normalized spacial score (nSPS) is 16.6. The van der Waals surface area contributed by atoms with Gasteiger partial charge in [0.1, 0.15) is 0 Å². The summed E-state index contributed by atoms with van der Waals surface area (Å²) in [7, 11) is 0. The molecule has 1 aliphatic rings. The minimum absolute atomic E-state index is 0.295. The van der Waals surface area contributed by atoms with Gasteiger partial charge in [0.05, 0.1) is 0 Å². The van der Waals surface area contributed by atoms with E-state index in [9.17, 15) is 0 Å². The average molecular weight is 208 g/mol. The third kappa shape index (κ3) is 2.31. The summed E-state index contributed by atoms with van der Waals surface area (Å²) in [4.78, 5) is 0. The van der Waals surface area contributed by atoms with Gasteiger partial charge in [-0.2, -0.15) is 11.8 Å². The molecule has 0 atom stereocenters. The Morgan fingerprint density at radius 3 is 2.86 bits per heavy atom. The van der Waals surface area contributed by atoms with Crippen molar-refractivity contribution in [2.45, 2.75) is 18.8 Å². The van der Waals surface area contributed by atoms with E-state index >= 15 is 0 Å². The molecule has 14 heavy (non-hydrogen) atoms. The molecule has 1 aromatic rings. The fourth-order valence-electron chi connectivity index (χ4n) is 1.71. The molecule has 1 saturated heterocycles. The molecule has 1 aromatic carbocycles. The summed E-state index contributed by atoms with van der Waals surface area (Å²) >= 11 is 2.02. The van der Waals surface area contributed by atoms with Gasteiger partial charge in [0, 0.05) is 24.0 Å². The Bertz CT molecular complexity index is 294. The van der Waals surface area contributed by atoms with Crippen molar-refractivity contribution in [2.75, 3.05) is 18.1 Å². The van der Waals surface area contributed by atoms with Gasteiger partial charge in [-0.1, -0.05) is 24.3 Å². The Hall–Kier alpha value is -0.470. The molecule has 0 bridgehead atoms. The average Bonchev–Trinajstić information content (AvgIpc) is 2.13. The molecule has 2 heteroatoms. The largest absolute Gasteiger partial charge is 0.396 e. The Kier molecular flexibility index (Phi) is 3.49. The minimum atomic E-state index is 0.295. The van der Waals surface area contributed by atoms with E-state index < -0.39 is 0 Å². The summed E-state index contributed by atoms with van der Waals surface area (Å²) in [6.07, 6.45) is 1.88. The maximum atomic E-state index is 8.76. The summed E-state index contributed by atoms with van der Waals surface area (Å²) in [6.45, 7) is 0.295. The molecular weight excluding hydrogens is 192 g/mol. The predicted octanol–water partition coefficient (Wildman–Crippen LogP) is 2.44. The SMILES string of the molecule is OCCCc1cccc(C2CSC2)c1. The molecule has 0 aliphatic carbocycles. The van der Waals surface area contributed by atoms with Crippen LogP contribution in [0, 0.1) is 0 Å². The summed E-state index contributed by atoms with van der Waals surface area (Å²) in [5, 5.41) is 8.76. The first-order valence-electron chi connectivity index (χ1n) is 5.17. The zero-order valence-corrected chi connectivity index (χ0v) is 9.09. The van der Waals surface area contributed by atoms with Crippen molar-refractivity contribution in [2.24, 2.45) is 0 Å². The number of benzene rings is 1. The van der Waals surface area contributed by atoms with Gasteiger partial charge < -0.3 is 5.11 Å². The van der Waals surface area contributed by atoms with Gasteiger partial charge in [-0.15, -0.1) is 0 Å². The molecule has 0 saturated carbocycles. The maximum absolute atomic E-state index is 8.76. The zero-order valence-electron chi connectivity index (χ0n) is 8.28. The topological polar surface area (TPSA) is 20.2 Å². The van der Waals surface area contributed by atoms with Crippen LogP contribution in [0.2, 0.25) is 0 Å². The molecular formula is C12H16OS. The highest BCUT2D eigenvalue weighted by atomic mass is 32.2. The van der Waals surface area contributed by atoms with Gasteiger partial charge in [0.2, 0.25) is 0 Å². The summed E-state index contributed by atoms with van der Waals surface area (Å²) in [6, 6.07) is 8.84. The number of aliphatic hydroxyl groups excluding tert-OH is 1. The Labute approximate surface area is 89.5 Å². The van der Waals surface area contributed by atoms with Gasteiger partial charge >= 0.3 is 0 Å². The summed E-state index contributed by atoms with van der Waals surface area (Å²) < 4.78 is 0. The Morgan fingerprint density at radius 2 is 2.21 bits per heavy atom. The fourth-order valence-corrected chi connectivity index (χ4v) is 2.57. The van der Waals surface area contributed by atoms with Crippen LogP contribution >= 0.6 is 11.8 Å². The van der Waals surface area contributed by atoms with Gasteiger partial charge in [-0.25, -0.2) is 0 Å². The second kappa shape index (κ2) is 4.85. The van der Waals surface area contributed by atoms with Crippen LogP contribution in [-0.2, 0) is 6.42 Å². The van der Waals surface area contributed by atoms with E-state index in [0.717, 1.165) is 18.8 Å². The van der Waals surface area contributed by atoms with Crippen LogP contribution in [0.1, 0.15) is 23.5 Å². The number of aliphatic hydroxyl groups is 1. The van der Waals surface area contributed by atoms with Crippen LogP contribution in [0.3, 0.4) is 0 Å². The lowest BCUT2D eigenvalue weighted by atomic mass is 9.98. The third-order valence-corrected chi connectivity index (χ3v) is 3.96. The van der Waals surface area contributed by atoms with E-state index in [1.165, 1.54) is 22.6 Å². The summed E-state index contributed by atoms with van der Waals surface area (Å²) in [5.41, 5.74) is 2.85. The van der Waals surface area contributed by atoms with Crippen LogP contribution in [0.4, 0.5) is 0 Å². The maximum Gasteiger partial charge on any atom is 0.0434 e. The first-order valence-corrected chi connectivity index (χ1v) is 6.33. The Morgan fingerprint density at radius 1 is 1.36 bits per heavy atom. The number of hydrogen-bond acceptors (Lipinski definition) is 2. The lowest BCUT2D eigenvalue weighted by molar-refractivity contribution is 0.288. The molecule has 0 spiro atoms. The molecule has 1 fully saturated rings. The van der Waals surface area contributed by atoms with Crippen molar-refractivity contribution < 1.29 is 5.11 Å². The predicted molar refractivity (Wildman–Crippen MR) is 61.9 cm³/mol. The van der Waals surface area contributed by atoms with Gasteiger partial charge in [-0.3, -0.25) is 0 Å². The molecule has 0 radical (unpaired) electrons. The monoisotopic (exact) mass is 208 g/mol. The number of thioether (sulfide) groups is 1. The van der Waals surface area contributed by atoms with Crippen LogP contribution in [-0.4, -0.2) is 23.2 Å². The minimum Gasteiger partial charge on any atom is -0.396 e. The number of aryl methyl sites for hydroxylation is 1. The van der Waals surface area contributed by atoms with E-state index in [4.69, 9.17) is 5.11 Å². The van der Waals surface area contributed by atoms with Crippen LogP contribution in [0.15, 0.2) is 24.3 Å². The number of hydrogen-bond donors (Lipinski definition) is 1. The molecule has 1 N–H and O–H groups in total. The van der Waals surface area contributed by atoms with Crippen molar-refractivity contribution in [1.82, 2.24) is 0 Å². The highest BCUT2D eigenvalue weighted by Gasteiger charge is 2.19. The van der Waals surface area contributed by atoms with Crippen molar-refractivity contribution in [3.05, 3.63) is 35.4 Å². The molecule has 2 rings (SSSR count). The van der Waals surface area contributed by atoms with Gasteiger partial charge in [0.25, 0.3) is 0 Å². The molecule has 0 unspecified atom stereocenters. The molecule has 0 amide bonds. The standard InChI is InChI=1S/C12H16OS/c13-6-2-4-10-3-1-5-11(7-10)12-8-14-9-12/h1,3,5,7,12-13H,2,4,6,8-9H2. The molecule has 76 valence electrons. The third-order valence-electron chi connectivity index (χ3n) is 2.68. The molecule has 1 aliphatic heterocycles. The quantitative estimate of drug-likeness (QED) is 0.820. The molecule has 1 heterocycles. The molecule has 0 aromatic heterocycles. The van der Waals surface area contributed by atoms with E-state index in [0.29, 0.717) is 6.61 Å². The van der Waals surface area contributed by atoms with Crippen molar-refractivity contribution >= 4 is 11.8 Å². The van der Waals surface area contributed by atoms with Crippen LogP contribution in [0.25, 0.3) is 0 Å². The van der Waals surface area contributed by atoms with E-state index in [2.05, 4.69) is 24.3 Å². The lowest BCUT2D eigenvalue weighted by Crippen LogP contribution is -2.15. The first kappa shape index (κ1) is 10.1. The van der Waals surface area contributed by atoms with Gasteiger partial charge in [0.15, 0.2) is 0 Å². The lowest BCUT2D eigenvalue weighted by Gasteiger charge is -2.25.